The SMILES string of the molecule is [C].[C].[C].[C].[C].c1ccoc1. The summed E-state index contributed by atoms with van der Waals surface area (Å²) < 4.78 is 4.58. The first-order chi connectivity index (χ1) is 2.50. The molecular formula is C9H4O. The number of rotatable bonds is 0. The zero-order valence-electron chi connectivity index (χ0n) is 5.22. The smallest absolute Gasteiger partial charge is 0.0902 e. The molecular weight excluding hydrogens is 124 g/mol. The molecule has 0 saturated heterocycles. The van der Waals surface area contributed by atoms with Crippen molar-refractivity contribution in [1.82, 2.24) is 0 Å². The fourth-order valence-corrected chi connectivity index (χ4v) is 0.227. The minimum atomic E-state index is 0. The van der Waals surface area contributed by atoms with Gasteiger partial charge < -0.3 is 4.42 Å². The van der Waals surface area contributed by atoms with Gasteiger partial charge in [-0.2, -0.15) is 0 Å². The lowest BCUT2D eigenvalue weighted by molar-refractivity contribution is 0.567. The van der Waals surface area contributed by atoms with Crippen LogP contribution >= 0.6 is 0 Å². The lowest BCUT2D eigenvalue weighted by Gasteiger charge is -1.50. The van der Waals surface area contributed by atoms with Crippen LogP contribution in [-0.4, -0.2) is 0 Å². The molecule has 46 valence electrons. The lowest BCUT2D eigenvalue weighted by atomic mass is 10.7. The van der Waals surface area contributed by atoms with E-state index in [-0.39, 0.29) is 37.1 Å². The zero-order chi connectivity index (χ0) is 3.54. The van der Waals surface area contributed by atoms with E-state index in [2.05, 4.69) is 4.42 Å². The van der Waals surface area contributed by atoms with Crippen LogP contribution in [0, 0.1) is 37.1 Å². The molecule has 1 nitrogen and oxygen atoms in total. The van der Waals surface area contributed by atoms with E-state index in [1.54, 1.807) is 12.5 Å². The Bertz CT molecular complexity index is 61.2. The maximum absolute atomic E-state index is 4.58. The highest BCUT2D eigenvalue weighted by Gasteiger charge is 1.58. The van der Waals surface area contributed by atoms with E-state index in [1.165, 1.54) is 0 Å². The van der Waals surface area contributed by atoms with Crippen molar-refractivity contribution in [3.05, 3.63) is 61.8 Å². The Morgan fingerprint density at radius 3 is 1.00 bits per heavy atom. The van der Waals surface area contributed by atoms with Crippen molar-refractivity contribution >= 4 is 0 Å². The van der Waals surface area contributed by atoms with Crippen LogP contribution < -0.4 is 0 Å². The van der Waals surface area contributed by atoms with E-state index in [1.807, 2.05) is 12.1 Å². The third-order valence-corrected chi connectivity index (χ3v) is 0.425. The van der Waals surface area contributed by atoms with Crippen molar-refractivity contribution in [2.24, 2.45) is 0 Å². The van der Waals surface area contributed by atoms with E-state index in [0.29, 0.717) is 0 Å². The first-order valence-corrected chi connectivity index (χ1v) is 1.47. The topological polar surface area (TPSA) is 13.1 Å². The van der Waals surface area contributed by atoms with Gasteiger partial charge in [-0.25, -0.2) is 0 Å². The monoisotopic (exact) mass is 128 g/mol. The largest absolute Gasteiger partial charge is 0.473 e. The third kappa shape index (κ3) is 15.7. The molecule has 20 radical (unpaired) electrons. The maximum Gasteiger partial charge on any atom is 0.0902 e. The van der Waals surface area contributed by atoms with Crippen LogP contribution in [-0.2, 0) is 0 Å². The van der Waals surface area contributed by atoms with Crippen molar-refractivity contribution < 1.29 is 4.42 Å². The molecule has 0 N–H and O–H groups in total. The predicted molar refractivity (Wildman–Crippen MR) is 34.9 cm³/mol. The second-order valence-electron chi connectivity index (χ2n) is 0.793. The van der Waals surface area contributed by atoms with Crippen LogP contribution in [0.3, 0.4) is 0 Å². The normalized spacial score (nSPS) is 4.00. The molecule has 0 fully saturated rings. The lowest BCUT2D eigenvalue weighted by Crippen LogP contribution is -1.16. The van der Waals surface area contributed by atoms with Gasteiger partial charge in [0.15, 0.2) is 0 Å². The second kappa shape index (κ2) is 24.0. The summed E-state index contributed by atoms with van der Waals surface area (Å²) in [7, 11) is 0. The van der Waals surface area contributed by atoms with E-state index in [0.717, 1.165) is 0 Å². The molecule has 10 heavy (non-hydrogen) atoms. The molecule has 0 amide bonds. The molecule has 1 heterocycles. The van der Waals surface area contributed by atoms with Gasteiger partial charge in [0.25, 0.3) is 0 Å². The van der Waals surface area contributed by atoms with Gasteiger partial charge in [-0.1, -0.05) is 0 Å². The molecule has 1 aromatic heterocycles. The minimum Gasteiger partial charge on any atom is -0.473 e. The van der Waals surface area contributed by atoms with Gasteiger partial charge in [0, 0.05) is 37.1 Å². The number of hydrogen-bond acceptors (Lipinski definition) is 1. The molecule has 0 aliphatic heterocycles. The first kappa shape index (κ1) is 34.7. The Morgan fingerprint density at radius 1 is 0.600 bits per heavy atom. The minimum absolute atomic E-state index is 0. The molecule has 0 bridgehead atoms. The summed E-state index contributed by atoms with van der Waals surface area (Å²) in [4.78, 5) is 0. The first-order valence-electron chi connectivity index (χ1n) is 1.47. The quantitative estimate of drug-likeness (QED) is 0.518. The van der Waals surface area contributed by atoms with Crippen molar-refractivity contribution in [3.8, 4) is 0 Å². The second-order valence-corrected chi connectivity index (χ2v) is 0.793. The van der Waals surface area contributed by atoms with Gasteiger partial charge in [0.1, 0.15) is 0 Å². The third-order valence-electron chi connectivity index (χ3n) is 0.425. The highest BCUT2D eigenvalue weighted by Crippen LogP contribution is 1.79. The van der Waals surface area contributed by atoms with Gasteiger partial charge in [0.05, 0.1) is 12.5 Å². The number of furan rings is 1. The summed E-state index contributed by atoms with van der Waals surface area (Å²) in [5.41, 5.74) is 0. The van der Waals surface area contributed by atoms with Crippen LogP contribution in [0.25, 0.3) is 0 Å². The highest BCUT2D eigenvalue weighted by atomic mass is 16.3. The molecule has 1 aromatic rings. The summed E-state index contributed by atoms with van der Waals surface area (Å²) in [5.74, 6) is 0. The van der Waals surface area contributed by atoms with Crippen molar-refractivity contribution in [2.45, 2.75) is 0 Å². The zero-order valence-corrected chi connectivity index (χ0v) is 5.22. The van der Waals surface area contributed by atoms with Crippen molar-refractivity contribution in [1.29, 1.82) is 0 Å². The fraction of sp³-hybridized carbons (Fsp3) is 0. The molecule has 1 heteroatoms. The molecule has 1 rings (SSSR count). The Balaban J connectivity index is -0.0000000167. The average Bonchev–Trinajstić information content (AvgIpc) is 1.76. The standard InChI is InChI=1S/C4H4O.5C/c1-2-4-5-3-1;;;;;/h1-4H;;;;;. The van der Waals surface area contributed by atoms with Crippen LogP contribution in [0.4, 0.5) is 0 Å². The van der Waals surface area contributed by atoms with Crippen molar-refractivity contribution in [2.75, 3.05) is 0 Å². The Kier molecular flexibility index (Phi) is 83.2. The van der Waals surface area contributed by atoms with E-state index in [9.17, 15) is 0 Å². The Morgan fingerprint density at radius 2 is 0.900 bits per heavy atom. The highest BCUT2D eigenvalue weighted by molar-refractivity contribution is 4.79. The number of hydrogen-bond donors (Lipinski definition) is 0. The summed E-state index contributed by atoms with van der Waals surface area (Å²) in [6.07, 6.45) is 3.25. The average molecular weight is 128 g/mol. The molecule has 0 spiro atoms. The van der Waals surface area contributed by atoms with Crippen molar-refractivity contribution in [3.63, 3.8) is 0 Å². The van der Waals surface area contributed by atoms with Gasteiger partial charge in [-0.05, 0) is 12.1 Å². The fourth-order valence-electron chi connectivity index (χ4n) is 0.227. The molecule has 0 aliphatic carbocycles. The van der Waals surface area contributed by atoms with E-state index >= 15 is 0 Å². The Hall–Kier alpha value is -0.720. The van der Waals surface area contributed by atoms with Crippen LogP contribution in [0.5, 0.6) is 0 Å². The molecule has 0 aromatic carbocycles. The summed E-state index contributed by atoms with van der Waals surface area (Å²) in [6.45, 7) is 0. The molecule has 0 saturated carbocycles. The Labute approximate surface area is 67.1 Å². The predicted octanol–water partition coefficient (Wildman–Crippen LogP) is 1.69. The van der Waals surface area contributed by atoms with Crippen LogP contribution in [0.15, 0.2) is 29.1 Å². The van der Waals surface area contributed by atoms with Crippen LogP contribution in [0.1, 0.15) is 0 Å². The molecule has 0 atom stereocenters. The summed E-state index contributed by atoms with van der Waals surface area (Å²) in [5, 5.41) is 0. The van der Waals surface area contributed by atoms with E-state index in [4.69, 9.17) is 0 Å². The van der Waals surface area contributed by atoms with Gasteiger partial charge in [-0.3, -0.25) is 0 Å². The van der Waals surface area contributed by atoms with Crippen LogP contribution in [0.2, 0.25) is 0 Å². The maximum atomic E-state index is 4.58. The molecule has 0 unspecified atom stereocenters. The van der Waals surface area contributed by atoms with E-state index < -0.39 is 0 Å². The molecule has 0 aliphatic rings. The summed E-state index contributed by atoms with van der Waals surface area (Å²) in [6, 6.07) is 3.67. The summed E-state index contributed by atoms with van der Waals surface area (Å²) >= 11 is 0. The van der Waals surface area contributed by atoms with Gasteiger partial charge in [0.2, 0.25) is 0 Å². The van der Waals surface area contributed by atoms with Gasteiger partial charge >= 0.3 is 0 Å². The van der Waals surface area contributed by atoms with Gasteiger partial charge in [-0.15, -0.1) is 0 Å².